The van der Waals surface area contributed by atoms with E-state index in [1.165, 1.54) is 30.2 Å². The summed E-state index contributed by atoms with van der Waals surface area (Å²) in [4.78, 5) is 0. The van der Waals surface area contributed by atoms with Crippen LogP contribution >= 0.6 is 11.8 Å². The molecule has 1 aliphatic rings. The molecule has 142 valence electrons. The van der Waals surface area contributed by atoms with Crippen molar-refractivity contribution in [3.63, 3.8) is 0 Å². The van der Waals surface area contributed by atoms with Crippen LogP contribution in [0.4, 0.5) is 0 Å². The second-order valence-electron chi connectivity index (χ2n) is 8.18. The van der Waals surface area contributed by atoms with Crippen molar-refractivity contribution < 1.29 is 9.84 Å². The zero-order valence-corrected chi connectivity index (χ0v) is 17.1. The third-order valence-corrected chi connectivity index (χ3v) is 5.85. The first kappa shape index (κ1) is 19.2. The van der Waals surface area contributed by atoms with Gasteiger partial charge in [0.2, 0.25) is 0 Å². The lowest BCUT2D eigenvalue weighted by Crippen LogP contribution is -2.21. The largest absolute Gasteiger partial charge is 0.491 e. The van der Waals surface area contributed by atoms with Gasteiger partial charge in [-0.05, 0) is 42.4 Å². The highest BCUT2D eigenvalue weighted by Crippen LogP contribution is 2.39. The Hall–Kier alpha value is -1.53. The topological polar surface area (TPSA) is 60.2 Å². The molecule has 6 heteroatoms. The Morgan fingerprint density at radius 2 is 2.04 bits per heavy atom. The minimum atomic E-state index is -0.553. The molecular formula is C20H29N3O2S. The summed E-state index contributed by atoms with van der Waals surface area (Å²) in [7, 11) is 2.00. The van der Waals surface area contributed by atoms with E-state index >= 15 is 0 Å². The van der Waals surface area contributed by atoms with Crippen molar-refractivity contribution in [2.75, 3.05) is 12.4 Å². The third kappa shape index (κ3) is 4.60. The maximum absolute atomic E-state index is 10.3. The van der Waals surface area contributed by atoms with Gasteiger partial charge in [0.15, 0.2) is 5.16 Å². The Labute approximate surface area is 160 Å². The van der Waals surface area contributed by atoms with Crippen LogP contribution in [0.5, 0.6) is 5.75 Å². The Bertz CT molecular complexity index is 763. The molecule has 1 N–H and O–H groups in total. The first-order chi connectivity index (χ1) is 12.3. The number of nitrogens with zero attached hydrogens (tertiary/aromatic N) is 3. The maximum Gasteiger partial charge on any atom is 0.191 e. The van der Waals surface area contributed by atoms with E-state index in [0.29, 0.717) is 11.7 Å². The number of ether oxygens (including phenoxy) is 1. The SMILES string of the molecule is Cc1cc(C(C)(C)C)ccc1OCC(O)CSc1nnc(C2CC2)n1C. The number of hydrogen-bond donors (Lipinski definition) is 1. The normalized spacial score (nSPS) is 15.9. The van der Waals surface area contributed by atoms with Crippen LogP contribution in [0.1, 0.15) is 56.5 Å². The molecule has 0 amide bonds. The van der Waals surface area contributed by atoms with Gasteiger partial charge in [0, 0.05) is 18.7 Å². The van der Waals surface area contributed by atoms with Gasteiger partial charge in [0.1, 0.15) is 18.2 Å². The standard InChI is InChI=1S/C20H29N3O2S/c1-13-10-15(20(2,3)4)8-9-17(13)25-11-16(24)12-26-19-22-21-18(23(19)5)14-6-7-14/h8-10,14,16,24H,6-7,11-12H2,1-5H3. The summed E-state index contributed by atoms with van der Waals surface area (Å²) in [6.45, 7) is 8.92. The number of hydrogen-bond acceptors (Lipinski definition) is 5. The lowest BCUT2D eigenvalue weighted by atomic mass is 9.86. The van der Waals surface area contributed by atoms with Crippen molar-refractivity contribution in [3.8, 4) is 5.75 Å². The fourth-order valence-electron chi connectivity index (χ4n) is 2.83. The number of benzene rings is 1. The predicted molar refractivity (Wildman–Crippen MR) is 105 cm³/mol. The van der Waals surface area contributed by atoms with E-state index in [1.54, 1.807) is 0 Å². The summed E-state index contributed by atoms with van der Waals surface area (Å²) < 4.78 is 7.88. The van der Waals surface area contributed by atoms with Crippen LogP contribution in [0.15, 0.2) is 23.4 Å². The molecule has 1 atom stereocenters. The van der Waals surface area contributed by atoms with Gasteiger partial charge in [-0.25, -0.2) is 0 Å². The van der Waals surface area contributed by atoms with Crippen molar-refractivity contribution in [1.29, 1.82) is 0 Å². The average Bonchev–Trinajstić information content (AvgIpc) is 3.34. The molecule has 1 saturated carbocycles. The van der Waals surface area contributed by atoms with Crippen LogP contribution in [-0.2, 0) is 12.5 Å². The molecule has 3 rings (SSSR count). The minimum Gasteiger partial charge on any atom is -0.491 e. The molecule has 0 radical (unpaired) electrons. The summed E-state index contributed by atoms with van der Waals surface area (Å²) in [5.74, 6) is 3.01. The number of aryl methyl sites for hydroxylation is 1. The highest BCUT2D eigenvalue weighted by Gasteiger charge is 2.29. The molecule has 1 heterocycles. The first-order valence-electron chi connectivity index (χ1n) is 9.20. The summed E-state index contributed by atoms with van der Waals surface area (Å²) in [6, 6.07) is 6.26. The third-order valence-electron chi connectivity index (χ3n) is 4.69. The van der Waals surface area contributed by atoms with E-state index in [4.69, 9.17) is 4.74 Å². The fourth-order valence-corrected chi connectivity index (χ4v) is 3.65. The Morgan fingerprint density at radius 1 is 1.31 bits per heavy atom. The number of aliphatic hydroxyl groups excluding tert-OH is 1. The molecule has 1 aromatic heterocycles. The molecule has 0 aliphatic heterocycles. The zero-order chi connectivity index (χ0) is 18.9. The van der Waals surface area contributed by atoms with E-state index in [-0.39, 0.29) is 12.0 Å². The van der Waals surface area contributed by atoms with Crippen LogP contribution in [0.2, 0.25) is 0 Å². The van der Waals surface area contributed by atoms with Crippen molar-refractivity contribution >= 4 is 11.8 Å². The minimum absolute atomic E-state index is 0.120. The number of aromatic nitrogens is 3. The van der Waals surface area contributed by atoms with Gasteiger partial charge in [0.25, 0.3) is 0 Å². The quantitative estimate of drug-likeness (QED) is 0.745. The van der Waals surface area contributed by atoms with Gasteiger partial charge in [-0.3, -0.25) is 0 Å². The molecule has 0 saturated heterocycles. The van der Waals surface area contributed by atoms with E-state index in [2.05, 4.69) is 43.1 Å². The highest BCUT2D eigenvalue weighted by atomic mass is 32.2. The summed E-state index contributed by atoms with van der Waals surface area (Å²) >= 11 is 1.53. The van der Waals surface area contributed by atoms with Crippen LogP contribution in [0.25, 0.3) is 0 Å². The van der Waals surface area contributed by atoms with Gasteiger partial charge in [-0.1, -0.05) is 44.7 Å². The number of aliphatic hydroxyl groups is 1. The van der Waals surface area contributed by atoms with Crippen molar-refractivity contribution in [1.82, 2.24) is 14.8 Å². The smallest absolute Gasteiger partial charge is 0.191 e. The van der Waals surface area contributed by atoms with Gasteiger partial charge >= 0.3 is 0 Å². The van der Waals surface area contributed by atoms with E-state index in [1.807, 2.05) is 24.6 Å². The molecule has 1 fully saturated rings. The summed E-state index contributed by atoms with van der Waals surface area (Å²) in [5, 5.41) is 19.6. The Kier molecular flexibility index (Phi) is 5.63. The molecule has 0 spiro atoms. The molecule has 2 aromatic rings. The lowest BCUT2D eigenvalue weighted by Gasteiger charge is -2.21. The van der Waals surface area contributed by atoms with Crippen molar-refractivity contribution in [2.24, 2.45) is 7.05 Å². The highest BCUT2D eigenvalue weighted by molar-refractivity contribution is 7.99. The second kappa shape index (κ2) is 7.61. The average molecular weight is 376 g/mol. The first-order valence-corrected chi connectivity index (χ1v) is 10.2. The van der Waals surface area contributed by atoms with Crippen LogP contribution in [0, 0.1) is 6.92 Å². The summed E-state index contributed by atoms with van der Waals surface area (Å²) in [6.07, 6.45) is 1.86. The Morgan fingerprint density at radius 3 is 2.65 bits per heavy atom. The van der Waals surface area contributed by atoms with Crippen LogP contribution in [-0.4, -0.2) is 38.3 Å². The monoisotopic (exact) mass is 375 g/mol. The molecule has 1 aliphatic carbocycles. The summed E-state index contributed by atoms with van der Waals surface area (Å²) in [5.41, 5.74) is 2.50. The lowest BCUT2D eigenvalue weighted by molar-refractivity contribution is 0.126. The van der Waals surface area contributed by atoms with Crippen LogP contribution < -0.4 is 4.74 Å². The van der Waals surface area contributed by atoms with Crippen molar-refractivity contribution in [3.05, 3.63) is 35.2 Å². The van der Waals surface area contributed by atoms with Crippen LogP contribution in [0.3, 0.4) is 0 Å². The van der Waals surface area contributed by atoms with E-state index < -0.39 is 6.10 Å². The molecule has 1 aromatic carbocycles. The zero-order valence-electron chi connectivity index (χ0n) is 16.3. The fraction of sp³-hybridized carbons (Fsp3) is 0.600. The van der Waals surface area contributed by atoms with Gasteiger partial charge in [-0.2, -0.15) is 0 Å². The predicted octanol–water partition coefficient (Wildman–Crippen LogP) is 3.83. The molecule has 5 nitrogen and oxygen atoms in total. The molecule has 26 heavy (non-hydrogen) atoms. The van der Waals surface area contributed by atoms with Gasteiger partial charge in [0.05, 0.1) is 6.10 Å². The van der Waals surface area contributed by atoms with Crippen molar-refractivity contribution in [2.45, 2.75) is 63.1 Å². The molecule has 0 bridgehead atoms. The number of rotatable bonds is 7. The maximum atomic E-state index is 10.3. The number of thioether (sulfide) groups is 1. The molecular weight excluding hydrogens is 346 g/mol. The second-order valence-corrected chi connectivity index (χ2v) is 9.17. The molecule has 1 unspecified atom stereocenters. The van der Waals surface area contributed by atoms with Gasteiger partial charge in [-0.15, -0.1) is 10.2 Å². The van der Waals surface area contributed by atoms with Gasteiger partial charge < -0.3 is 14.4 Å². The van der Waals surface area contributed by atoms with E-state index in [0.717, 1.165) is 22.3 Å². The Balaban J connectivity index is 1.50. The van der Waals surface area contributed by atoms with E-state index in [9.17, 15) is 5.11 Å².